The number of esters is 2. The van der Waals surface area contributed by atoms with Gasteiger partial charge in [0.25, 0.3) is 5.56 Å². The molecule has 0 spiro atoms. The Morgan fingerprint density at radius 3 is 2.33 bits per heavy atom. The first-order valence-electron chi connectivity index (χ1n) is 11.1. The van der Waals surface area contributed by atoms with Gasteiger partial charge in [-0.2, -0.15) is 0 Å². The molecule has 2 heterocycles. The Bertz CT molecular complexity index is 1110. The molecule has 2 aliphatic rings. The number of aromatic nitrogens is 2. The fourth-order valence-electron chi connectivity index (χ4n) is 4.45. The van der Waals surface area contributed by atoms with Crippen LogP contribution in [-0.4, -0.2) is 65.5 Å². The lowest BCUT2D eigenvalue weighted by Crippen LogP contribution is -2.46. The van der Waals surface area contributed by atoms with Gasteiger partial charge in [0.1, 0.15) is 5.92 Å². The minimum atomic E-state index is -0.976. The molecule has 33 heavy (non-hydrogen) atoms. The molecule has 1 aliphatic carbocycles. The van der Waals surface area contributed by atoms with Gasteiger partial charge in [-0.15, -0.1) is 0 Å². The standard InChI is InChI=1S/C23H31N3O7/c1-6-32-21(28)17-14(3)12-16(26-8-10-31-11-9-26)19(22(29)33-7-2)18(17)15-13-24(4)23(30)25(5)20(15)27/h12-13,18-19H,6-11H2,1-5H3/t18?,19-/m0/s1. The summed E-state index contributed by atoms with van der Waals surface area (Å²) in [6.45, 7) is 7.52. The van der Waals surface area contributed by atoms with Crippen molar-refractivity contribution in [3.8, 4) is 0 Å². The summed E-state index contributed by atoms with van der Waals surface area (Å²) in [5.74, 6) is -3.10. The number of rotatable bonds is 6. The van der Waals surface area contributed by atoms with Crippen molar-refractivity contribution >= 4 is 11.9 Å². The van der Waals surface area contributed by atoms with Gasteiger partial charge in [-0.25, -0.2) is 9.59 Å². The Hall–Kier alpha value is -3.14. The van der Waals surface area contributed by atoms with E-state index in [-0.39, 0.29) is 24.4 Å². The molecule has 180 valence electrons. The maximum Gasteiger partial charge on any atom is 0.334 e. The highest BCUT2D eigenvalue weighted by Gasteiger charge is 2.45. The topological polar surface area (TPSA) is 109 Å². The quantitative estimate of drug-likeness (QED) is 0.562. The lowest BCUT2D eigenvalue weighted by molar-refractivity contribution is -0.148. The van der Waals surface area contributed by atoms with Crippen LogP contribution in [0, 0.1) is 5.92 Å². The van der Waals surface area contributed by atoms with E-state index in [1.54, 1.807) is 26.8 Å². The van der Waals surface area contributed by atoms with Gasteiger partial charge in [0, 0.05) is 56.1 Å². The minimum absolute atomic E-state index is 0.137. The Labute approximate surface area is 192 Å². The third-order valence-corrected chi connectivity index (χ3v) is 5.97. The molecular weight excluding hydrogens is 430 g/mol. The van der Waals surface area contributed by atoms with Gasteiger partial charge in [0.05, 0.1) is 26.4 Å². The summed E-state index contributed by atoms with van der Waals surface area (Å²) in [6, 6.07) is 0. The van der Waals surface area contributed by atoms with Gasteiger partial charge in [-0.1, -0.05) is 0 Å². The first-order valence-corrected chi connectivity index (χ1v) is 11.1. The zero-order chi connectivity index (χ0) is 24.3. The van der Waals surface area contributed by atoms with Gasteiger partial charge < -0.3 is 23.7 Å². The second-order valence-corrected chi connectivity index (χ2v) is 8.04. The number of hydrogen-bond donors (Lipinski definition) is 0. The average Bonchev–Trinajstić information content (AvgIpc) is 2.80. The van der Waals surface area contributed by atoms with Gasteiger partial charge in [0.15, 0.2) is 0 Å². The molecule has 10 nitrogen and oxygen atoms in total. The predicted molar refractivity (Wildman–Crippen MR) is 120 cm³/mol. The van der Waals surface area contributed by atoms with Gasteiger partial charge in [0.2, 0.25) is 0 Å². The van der Waals surface area contributed by atoms with E-state index in [9.17, 15) is 19.2 Å². The molecule has 10 heteroatoms. The lowest BCUT2D eigenvalue weighted by atomic mass is 9.73. The zero-order valence-electron chi connectivity index (χ0n) is 19.8. The summed E-state index contributed by atoms with van der Waals surface area (Å²) in [6.07, 6.45) is 3.19. The SMILES string of the molecule is CCOC(=O)C1=C(C)C=C(N2CCOCC2)[C@H](C(=O)OCC)C1c1cn(C)c(=O)n(C)c1=O. The highest BCUT2D eigenvalue weighted by molar-refractivity contribution is 5.95. The second-order valence-electron chi connectivity index (χ2n) is 8.04. The minimum Gasteiger partial charge on any atom is -0.465 e. The van der Waals surface area contributed by atoms with Crippen LogP contribution in [0.4, 0.5) is 0 Å². The molecule has 1 unspecified atom stereocenters. The molecule has 1 aromatic heterocycles. The summed E-state index contributed by atoms with van der Waals surface area (Å²) < 4.78 is 18.4. The van der Waals surface area contributed by atoms with E-state index in [0.29, 0.717) is 37.6 Å². The van der Waals surface area contributed by atoms with Crippen molar-refractivity contribution < 1.29 is 23.8 Å². The normalized spacial score (nSPS) is 21.0. The highest BCUT2D eigenvalue weighted by atomic mass is 16.5. The van der Waals surface area contributed by atoms with Crippen LogP contribution < -0.4 is 11.2 Å². The molecule has 0 amide bonds. The predicted octanol–water partition coefficient (Wildman–Crippen LogP) is 0.456. The summed E-state index contributed by atoms with van der Waals surface area (Å²) in [4.78, 5) is 54.0. The van der Waals surface area contributed by atoms with Crippen LogP contribution in [0.2, 0.25) is 0 Å². The van der Waals surface area contributed by atoms with Crippen molar-refractivity contribution in [1.82, 2.24) is 14.0 Å². The first kappa shape index (κ1) is 24.5. The van der Waals surface area contributed by atoms with Crippen molar-refractivity contribution in [2.75, 3.05) is 39.5 Å². The van der Waals surface area contributed by atoms with E-state index >= 15 is 0 Å². The third kappa shape index (κ3) is 4.66. The van der Waals surface area contributed by atoms with Crippen molar-refractivity contribution in [2.45, 2.75) is 26.7 Å². The number of carbonyl (C=O) groups excluding carboxylic acids is 2. The molecule has 2 atom stereocenters. The molecule has 0 aromatic carbocycles. The molecule has 1 aliphatic heterocycles. The summed E-state index contributed by atoms with van der Waals surface area (Å²) in [5.41, 5.74) is 0.533. The number of nitrogens with zero attached hydrogens (tertiary/aromatic N) is 3. The summed E-state index contributed by atoms with van der Waals surface area (Å²) in [7, 11) is 2.89. The van der Waals surface area contributed by atoms with Gasteiger partial charge in [-0.3, -0.25) is 14.2 Å². The number of ether oxygens (including phenoxy) is 3. The molecule has 3 rings (SSSR count). The molecule has 1 saturated heterocycles. The molecule has 0 saturated carbocycles. The van der Waals surface area contributed by atoms with E-state index in [1.807, 2.05) is 4.90 Å². The van der Waals surface area contributed by atoms with E-state index in [4.69, 9.17) is 14.2 Å². The van der Waals surface area contributed by atoms with Crippen molar-refractivity contribution in [3.63, 3.8) is 0 Å². The van der Waals surface area contributed by atoms with Crippen molar-refractivity contribution in [3.05, 3.63) is 55.5 Å². The number of morpholine rings is 1. The van der Waals surface area contributed by atoms with E-state index in [0.717, 1.165) is 4.57 Å². The molecular formula is C23H31N3O7. The largest absolute Gasteiger partial charge is 0.465 e. The maximum absolute atomic E-state index is 13.3. The fraction of sp³-hybridized carbons (Fsp3) is 0.565. The Morgan fingerprint density at radius 1 is 1.09 bits per heavy atom. The second kappa shape index (κ2) is 10.2. The van der Waals surface area contributed by atoms with Gasteiger partial charge >= 0.3 is 17.6 Å². The average molecular weight is 462 g/mol. The Morgan fingerprint density at radius 2 is 1.73 bits per heavy atom. The third-order valence-electron chi connectivity index (χ3n) is 5.97. The van der Waals surface area contributed by atoms with E-state index in [1.165, 1.54) is 24.9 Å². The summed E-state index contributed by atoms with van der Waals surface area (Å²) in [5, 5.41) is 0. The van der Waals surface area contributed by atoms with Crippen LogP contribution in [0.15, 0.2) is 38.7 Å². The molecule has 0 N–H and O–H groups in total. The van der Waals surface area contributed by atoms with Crippen LogP contribution in [0.25, 0.3) is 0 Å². The van der Waals surface area contributed by atoms with E-state index in [2.05, 4.69) is 0 Å². The van der Waals surface area contributed by atoms with Crippen molar-refractivity contribution in [1.29, 1.82) is 0 Å². The van der Waals surface area contributed by atoms with Crippen LogP contribution >= 0.6 is 0 Å². The van der Waals surface area contributed by atoms with E-state index < -0.39 is 35.0 Å². The Balaban J connectivity index is 2.31. The molecule has 0 radical (unpaired) electrons. The van der Waals surface area contributed by atoms with Gasteiger partial charge in [-0.05, 0) is 32.4 Å². The van der Waals surface area contributed by atoms with Crippen LogP contribution in [0.1, 0.15) is 32.3 Å². The number of hydrogen-bond acceptors (Lipinski definition) is 8. The first-order chi connectivity index (χ1) is 15.7. The highest BCUT2D eigenvalue weighted by Crippen LogP contribution is 2.43. The fourth-order valence-corrected chi connectivity index (χ4v) is 4.45. The molecule has 1 fully saturated rings. The number of allylic oxidation sites excluding steroid dienone is 2. The molecule has 0 bridgehead atoms. The van der Waals surface area contributed by atoms with Crippen LogP contribution in [0.3, 0.4) is 0 Å². The Kier molecular flexibility index (Phi) is 7.57. The smallest absolute Gasteiger partial charge is 0.334 e. The maximum atomic E-state index is 13.3. The van der Waals surface area contributed by atoms with Crippen LogP contribution in [0.5, 0.6) is 0 Å². The van der Waals surface area contributed by atoms with Crippen molar-refractivity contribution in [2.24, 2.45) is 20.0 Å². The number of aryl methyl sites for hydroxylation is 1. The lowest BCUT2D eigenvalue weighted by Gasteiger charge is -2.40. The summed E-state index contributed by atoms with van der Waals surface area (Å²) >= 11 is 0. The van der Waals surface area contributed by atoms with Crippen LogP contribution in [-0.2, 0) is 37.9 Å². The monoisotopic (exact) mass is 461 g/mol. The molecule has 1 aromatic rings. The zero-order valence-corrected chi connectivity index (χ0v) is 19.8. The number of carbonyl (C=O) groups is 2.